The van der Waals surface area contributed by atoms with Crippen LogP contribution in [0, 0.1) is 12.7 Å². The Kier molecular flexibility index (Phi) is 8.83. The van der Waals surface area contributed by atoms with Gasteiger partial charge in [-0.25, -0.2) is 19.2 Å². The number of aromatic nitrogens is 2. The largest absolute Gasteiger partial charge is 0.542 e. The molecule has 0 bridgehead atoms. The number of hydrogen-bond acceptors (Lipinski definition) is 7. The van der Waals surface area contributed by atoms with Crippen molar-refractivity contribution in [1.82, 2.24) is 15.3 Å². The number of aliphatic carboxylic acids is 1. The quantitative estimate of drug-likeness (QED) is 0.409. The van der Waals surface area contributed by atoms with Gasteiger partial charge in [-0.15, -0.1) is 0 Å². The molecule has 39 heavy (non-hydrogen) atoms. The van der Waals surface area contributed by atoms with E-state index in [2.05, 4.69) is 20.6 Å². The summed E-state index contributed by atoms with van der Waals surface area (Å²) in [6, 6.07) is -0.118. The summed E-state index contributed by atoms with van der Waals surface area (Å²) in [5.74, 6) is -3.63. The Bertz CT molecular complexity index is 1310. The minimum atomic E-state index is -5.19. The number of benzene rings is 1. The van der Waals surface area contributed by atoms with E-state index < -0.39 is 42.0 Å². The number of carbonyl (C=O) groups excluding carboxylic acids is 2. The number of piperazine rings is 1. The number of nitrogens with two attached hydrogens (primary N) is 1. The summed E-state index contributed by atoms with van der Waals surface area (Å²) < 4.78 is 91.6. The molecule has 0 aliphatic carbocycles. The Hall–Kier alpha value is -4.15. The molecule has 0 unspecified atom stereocenters. The number of furan rings is 1. The number of urea groups is 1. The summed E-state index contributed by atoms with van der Waals surface area (Å²) in [4.78, 5) is 31.4. The molecule has 0 saturated carbocycles. The highest BCUT2D eigenvalue weighted by Gasteiger charge is 2.45. The lowest BCUT2D eigenvalue weighted by molar-refractivity contribution is -0.655. The second kappa shape index (κ2) is 11.7. The van der Waals surface area contributed by atoms with Crippen molar-refractivity contribution in [3.8, 4) is 0 Å². The highest BCUT2D eigenvalue weighted by Crippen LogP contribution is 2.38. The smallest absolute Gasteiger partial charge is 0.430 e. The molecule has 212 valence electrons. The molecule has 1 aliphatic rings. The van der Waals surface area contributed by atoms with Gasteiger partial charge in [-0.3, -0.25) is 0 Å². The van der Waals surface area contributed by atoms with E-state index in [1.807, 2.05) is 10.2 Å². The molecule has 3 heterocycles. The lowest BCUT2D eigenvalue weighted by Gasteiger charge is -2.25. The average molecular weight is 566 g/mol. The maximum Gasteiger partial charge on any atom is 0.430 e. The van der Waals surface area contributed by atoms with Crippen LogP contribution in [0.2, 0.25) is 0 Å². The molecule has 2 amide bonds. The molecular formula is C22H21F7N6O4. The maximum atomic E-state index is 13.7. The summed E-state index contributed by atoms with van der Waals surface area (Å²) in [5, 5.41) is 15.4. The Balaban J connectivity index is 0.000000532. The first kappa shape index (κ1) is 29.4. The van der Waals surface area contributed by atoms with Crippen molar-refractivity contribution in [2.45, 2.75) is 25.3 Å². The van der Waals surface area contributed by atoms with Crippen molar-refractivity contribution in [3.05, 3.63) is 47.7 Å². The Morgan fingerprint density at radius 1 is 1.10 bits per heavy atom. The van der Waals surface area contributed by atoms with Gasteiger partial charge in [0, 0.05) is 10.9 Å². The fourth-order valence-electron chi connectivity index (χ4n) is 3.58. The number of quaternary nitrogens is 1. The van der Waals surface area contributed by atoms with Crippen LogP contribution in [0.4, 0.5) is 47.2 Å². The number of aryl methyl sites for hydroxylation is 1. The number of amides is 2. The predicted molar refractivity (Wildman–Crippen MR) is 119 cm³/mol. The van der Waals surface area contributed by atoms with Crippen LogP contribution in [0.15, 0.2) is 35.0 Å². The van der Waals surface area contributed by atoms with Gasteiger partial charge in [0.25, 0.3) is 0 Å². The molecule has 17 heteroatoms. The molecule has 1 aliphatic heterocycles. The average Bonchev–Trinajstić information content (AvgIpc) is 3.18. The molecular weight excluding hydrogens is 545 g/mol. The van der Waals surface area contributed by atoms with Crippen molar-refractivity contribution in [2.24, 2.45) is 0 Å². The number of nitrogens with one attached hydrogen (secondary N) is 2. The first-order valence-electron chi connectivity index (χ1n) is 11.2. The summed E-state index contributed by atoms with van der Waals surface area (Å²) in [6.07, 6.45) is -7.38. The van der Waals surface area contributed by atoms with Crippen LogP contribution < -0.4 is 26.0 Å². The normalized spacial score (nSPS) is 14.8. The van der Waals surface area contributed by atoms with Gasteiger partial charge in [0.2, 0.25) is 5.95 Å². The highest BCUT2D eigenvalue weighted by molar-refractivity contribution is 5.89. The molecule has 2 aromatic heterocycles. The van der Waals surface area contributed by atoms with Crippen molar-refractivity contribution < 1.29 is 55.2 Å². The van der Waals surface area contributed by atoms with Crippen molar-refractivity contribution in [3.63, 3.8) is 0 Å². The van der Waals surface area contributed by atoms with Gasteiger partial charge in [-0.05, 0) is 25.1 Å². The van der Waals surface area contributed by atoms with Gasteiger partial charge < -0.3 is 35.2 Å². The van der Waals surface area contributed by atoms with E-state index in [-0.39, 0.29) is 22.2 Å². The third kappa shape index (κ3) is 7.68. The summed E-state index contributed by atoms with van der Waals surface area (Å²) in [5.41, 5.74) is 0.322. The molecule has 0 radical (unpaired) electrons. The van der Waals surface area contributed by atoms with Gasteiger partial charge in [-0.2, -0.15) is 26.3 Å². The number of nitrogens with zero attached hydrogens (tertiary/aromatic N) is 3. The van der Waals surface area contributed by atoms with Crippen LogP contribution in [-0.2, 0) is 4.79 Å². The van der Waals surface area contributed by atoms with Crippen molar-refractivity contribution in [1.29, 1.82) is 0 Å². The summed E-state index contributed by atoms with van der Waals surface area (Å²) in [7, 11) is 0. The first-order valence-corrected chi connectivity index (χ1v) is 11.2. The second-order valence-corrected chi connectivity index (χ2v) is 8.21. The van der Waals surface area contributed by atoms with Crippen LogP contribution in [0.1, 0.15) is 17.4 Å². The van der Waals surface area contributed by atoms with E-state index in [4.69, 9.17) is 14.3 Å². The van der Waals surface area contributed by atoms with E-state index in [1.54, 1.807) is 0 Å². The number of hydrogen-bond donors (Lipinski definition) is 3. The number of alkyl halides is 6. The zero-order chi connectivity index (χ0) is 29.0. The second-order valence-electron chi connectivity index (χ2n) is 8.21. The number of halogens is 7. The lowest BCUT2D eigenvalue weighted by atomic mass is 10.1. The number of anilines is 2. The topological polar surface area (TPSA) is 140 Å². The van der Waals surface area contributed by atoms with Gasteiger partial charge in [0.05, 0.1) is 44.3 Å². The molecule has 1 fully saturated rings. The lowest BCUT2D eigenvalue weighted by Crippen LogP contribution is -2.89. The number of carboxylic acids is 1. The van der Waals surface area contributed by atoms with Gasteiger partial charge >= 0.3 is 18.4 Å². The maximum absolute atomic E-state index is 13.7. The molecule has 10 nitrogen and oxygen atoms in total. The summed E-state index contributed by atoms with van der Waals surface area (Å²) in [6.45, 7) is 4.77. The molecule has 4 rings (SSSR count). The van der Waals surface area contributed by atoms with Crippen LogP contribution in [0.25, 0.3) is 11.0 Å². The highest BCUT2D eigenvalue weighted by atomic mass is 19.4. The van der Waals surface area contributed by atoms with Gasteiger partial charge in [0.1, 0.15) is 23.1 Å². The number of rotatable bonds is 4. The van der Waals surface area contributed by atoms with Crippen molar-refractivity contribution in [2.75, 3.05) is 36.4 Å². The summed E-state index contributed by atoms with van der Waals surface area (Å²) >= 11 is 0. The molecule has 0 spiro atoms. The fraction of sp³-hybridized carbons (Fsp3) is 0.364. The third-order valence-electron chi connectivity index (χ3n) is 5.42. The van der Waals surface area contributed by atoms with E-state index in [0.29, 0.717) is 5.95 Å². The first-order chi connectivity index (χ1) is 18.2. The molecule has 1 aromatic carbocycles. The monoisotopic (exact) mass is 566 g/mol. The van der Waals surface area contributed by atoms with Crippen LogP contribution in [0.5, 0.6) is 0 Å². The number of fused-ring (bicyclic) bond motifs is 1. The Labute approximate surface area is 215 Å². The number of carbonyl (C=O) groups is 2. The minimum Gasteiger partial charge on any atom is -0.542 e. The van der Waals surface area contributed by atoms with Crippen molar-refractivity contribution >= 4 is 34.6 Å². The standard InChI is InChI=1S/C20H20F4N6O2.C2HF3O2/c1-11-14-8-12(21)2-3-15(14)32-16(11)17(20(22,23)24)29-19(31)28-13-9-26-18(27-10-13)30-6-4-25-5-7-30;3-2(4,5)1(6)7/h2-3,8-10,17,25H,4-7H2,1H3,(H2,28,29,31);(H,6,7)/t17-;/m1./s1. The molecule has 4 N–H and O–H groups in total. The minimum absolute atomic E-state index is 0.0913. The number of carboxylic acid groups (broad SMARTS) is 1. The van der Waals surface area contributed by atoms with E-state index >= 15 is 0 Å². The van der Waals surface area contributed by atoms with E-state index in [0.717, 1.165) is 38.3 Å². The third-order valence-corrected chi connectivity index (χ3v) is 5.42. The van der Waals surface area contributed by atoms with E-state index in [9.17, 15) is 35.5 Å². The van der Waals surface area contributed by atoms with Crippen LogP contribution in [-0.4, -0.2) is 60.5 Å². The Morgan fingerprint density at radius 2 is 1.69 bits per heavy atom. The van der Waals surface area contributed by atoms with Gasteiger partial charge in [-0.1, -0.05) is 0 Å². The fourth-order valence-corrected chi connectivity index (χ4v) is 3.58. The van der Waals surface area contributed by atoms with Crippen LogP contribution in [0.3, 0.4) is 0 Å². The van der Waals surface area contributed by atoms with Crippen LogP contribution >= 0.6 is 0 Å². The molecule has 3 aromatic rings. The molecule has 1 saturated heterocycles. The zero-order valence-electron chi connectivity index (χ0n) is 20.0. The van der Waals surface area contributed by atoms with E-state index in [1.165, 1.54) is 25.4 Å². The zero-order valence-corrected chi connectivity index (χ0v) is 20.0. The molecule has 1 atom stereocenters. The SMILES string of the molecule is Cc1c([C@@H](NC(=O)Nc2cnc(N3CC[NH2+]CC3)nc2)C(F)(F)F)oc2ccc(F)cc12.O=C([O-])C(F)(F)F. The Morgan fingerprint density at radius 3 is 2.23 bits per heavy atom. The van der Waals surface area contributed by atoms with Gasteiger partial charge in [0.15, 0.2) is 6.04 Å². The predicted octanol–water partition coefficient (Wildman–Crippen LogP) is 1.78.